The first-order valence-corrected chi connectivity index (χ1v) is 6.36. The van der Waals surface area contributed by atoms with E-state index in [1.165, 1.54) is 11.8 Å². The average Bonchev–Trinajstić information content (AvgIpc) is 2.59. The molecule has 0 aliphatic rings. The zero-order valence-electron chi connectivity index (χ0n) is 9.15. The Morgan fingerprint density at radius 2 is 2.29 bits per heavy atom. The van der Waals surface area contributed by atoms with Gasteiger partial charge in [0.25, 0.3) is 0 Å². The number of nitriles is 1. The largest absolute Gasteiger partial charge is 0.414 e. The van der Waals surface area contributed by atoms with Crippen LogP contribution in [0.15, 0.2) is 4.21 Å². The fraction of sp³-hybridized carbons (Fsp3) is 0.556. The molecule has 1 atom stereocenters. The fourth-order valence-corrected chi connectivity index (χ4v) is 2.99. The van der Waals surface area contributed by atoms with Crippen molar-refractivity contribution in [2.75, 3.05) is 6.61 Å². The van der Waals surface area contributed by atoms with Gasteiger partial charge in [0.05, 0.1) is 0 Å². The highest BCUT2D eigenvalue weighted by atomic mass is 32.2. The number of halogens is 2. The molecule has 4 nitrogen and oxygen atoms in total. The Kier molecular flexibility index (Phi) is 5.61. The summed E-state index contributed by atoms with van der Waals surface area (Å²) in [5.74, 6) is -0.321. The molecule has 1 aromatic rings. The van der Waals surface area contributed by atoms with Crippen molar-refractivity contribution < 1.29 is 18.3 Å². The van der Waals surface area contributed by atoms with E-state index in [4.69, 9.17) is 10.00 Å². The van der Waals surface area contributed by atoms with Gasteiger partial charge >= 0.3 is 6.61 Å². The normalized spacial score (nSPS) is 12.5. The van der Waals surface area contributed by atoms with Crippen LogP contribution in [-0.4, -0.2) is 23.0 Å². The topological polar surface area (TPSA) is 55.1 Å². The molecular formula is C9H10F2N2O2S2. The Morgan fingerprint density at radius 3 is 2.82 bits per heavy atom. The summed E-state index contributed by atoms with van der Waals surface area (Å²) in [6.45, 7) is 1.21. The van der Waals surface area contributed by atoms with Gasteiger partial charge in [0.15, 0.2) is 0 Å². The highest BCUT2D eigenvalue weighted by Crippen LogP contribution is 2.36. The maximum absolute atomic E-state index is 12.0. The Morgan fingerprint density at radius 1 is 1.59 bits per heavy atom. The molecule has 17 heavy (non-hydrogen) atoms. The van der Waals surface area contributed by atoms with Crippen LogP contribution in [0.4, 0.5) is 8.78 Å². The van der Waals surface area contributed by atoms with E-state index in [0.717, 1.165) is 11.5 Å². The zero-order valence-corrected chi connectivity index (χ0v) is 10.8. The lowest BCUT2D eigenvalue weighted by Crippen LogP contribution is -2.04. The van der Waals surface area contributed by atoms with E-state index in [-0.39, 0.29) is 16.9 Å². The van der Waals surface area contributed by atoms with Gasteiger partial charge in [-0.05, 0) is 25.4 Å². The third-order valence-corrected chi connectivity index (χ3v) is 3.64. The first kappa shape index (κ1) is 14.2. The molecule has 8 heteroatoms. The first-order chi connectivity index (χ1) is 8.08. The number of hydrogen-bond acceptors (Lipinski definition) is 6. The monoisotopic (exact) mass is 280 g/mol. The standard InChI is InChI=1S/C9H10F2N2O2S2/c1-3-14-5(2)16-8-6(4-12)7(13-17-8)15-9(10)11/h5,9H,3H2,1-2H3. The molecule has 0 aliphatic heterocycles. The van der Waals surface area contributed by atoms with Crippen molar-refractivity contribution in [1.82, 2.24) is 4.37 Å². The van der Waals surface area contributed by atoms with E-state index in [1.807, 2.05) is 19.9 Å². The molecule has 0 fully saturated rings. The molecule has 0 radical (unpaired) electrons. The van der Waals surface area contributed by atoms with Crippen molar-refractivity contribution in [2.24, 2.45) is 0 Å². The second kappa shape index (κ2) is 6.74. The van der Waals surface area contributed by atoms with Gasteiger partial charge in [0, 0.05) is 6.61 Å². The molecular weight excluding hydrogens is 270 g/mol. The summed E-state index contributed by atoms with van der Waals surface area (Å²) in [5, 5.41) is 8.88. The summed E-state index contributed by atoms with van der Waals surface area (Å²) < 4.78 is 37.7. The van der Waals surface area contributed by atoms with E-state index in [9.17, 15) is 8.78 Å². The van der Waals surface area contributed by atoms with E-state index in [2.05, 4.69) is 9.11 Å². The van der Waals surface area contributed by atoms with Crippen LogP contribution < -0.4 is 4.74 Å². The van der Waals surface area contributed by atoms with Gasteiger partial charge in [0.1, 0.15) is 21.3 Å². The van der Waals surface area contributed by atoms with E-state index >= 15 is 0 Å². The summed E-state index contributed by atoms with van der Waals surface area (Å²) in [6.07, 6.45) is 0. The molecule has 0 aliphatic carbocycles. The Balaban J connectivity index is 2.80. The van der Waals surface area contributed by atoms with Gasteiger partial charge in [-0.25, -0.2) is 0 Å². The van der Waals surface area contributed by atoms with Gasteiger partial charge in [0.2, 0.25) is 5.88 Å². The number of thioether (sulfide) groups is 1. The molecule has 1 heterocycles. The third-order valence-electron chi connectivity index (χ3n) is 1.62. The van der Waals surface area contributed by atoms with Gasteiger partial charge < -0.3 is 9.47 Å². The molecule has 94 valence electrons. The highest BCUT2D eigenvalue weighted by molar-refractivity contribution is 8.01. The lowest BCUT2D eigenvalue weighted by atomic mass is 10.4. The first-order valence-electron chi connectivity index (χ1n) is 4.71. The number of alkyl halides is 2. The molecule has 1 aromatic heterocycles. The Hall–Kier alpha value is -0.910. The SMILES string of the molecule is CCOC(C)Sc1snc(OC(F)F)c1C#N. The molecule has 0 bridgehead atoms. The van der Waals surface area contributed by atoms with Crippen LogP contribution in [0.3, 0.4) is 0 Å². The van der Waals surface area contributed by atoms with E-state index < -0.39 is 6.61 Å². The minimum Gasteiger partial charge on any atom is -0.414 e. The number of hydrogen-bond donors (Lipinski definition) is 0. The maximum atomic E-state index is 12.0. The van der Waals surface area contributed by atoms with Crippen LogP contribution in [0, 0.1) is 11.3 Å². The van der Waals surface area contributed by atoms with Gasteiger partial charge in [-0.2, -0.15) is 18.4 Å². The molecule has 0 saturated heterocycles. The lowest BCUT2D eigenvalue weighted by molar-refractivity contribution is -0.0524. The predicted molar refractivity (Wildman–Crippen MR) is 60.4 cm³/mol. The second-order valence-electron chi connectivity index (χ2n) is 2.78. The highest BCUT2D eigenvalue weighted by Gasteiger charge is 2.20. The van der Waals surface area contributed by atoms with E-state index in [0.29, 0.717) is 10.8 Å². The lowest BCUT2D eigenvalue weighted by Gasteiger charge is -2.08. The van der Waals surface area contributed by atoms with E-state index in [1.54, 1.807) is 0 Å². The summed E-state index contributed by atoms with van der Waals surface area (Å²) in [6, 6.07) is 1.81. The second-order valence-corrected chi connectivity index (χ2v) is 5.12. The van der Waals surface area contributed by atoms with Crippen molar-refractivity contribution >= 4 is 23.3 Å². The minimum absolute atomic E-state index is 0.0341. The molecule has 0 N–H and O–H groups in total. The summed E-state index contributed by atoms with van der Waals surface area (Å²) in [5.41, 5.74) is -0.140. The van der Waals surface area contributed by atoms with Crippen molar-refractivity contribution in [1.29, 1.82) is 5.26 Å². The van der Waals surface area contributed by atoms with Gasteiger partial charge in [-0.3, -0.25) is 0 Å². The molecule has 0 spiro atoms. The molecule has 1 rings (SSSR count). The van der Waals surface area contributed by atoms with Crippen molar-refractivity contribution in [2.45, 2.75) is 30.1 Å². The number of rotatable bonds is 6. The summed E-state index contributed by atoms with van der Waals surface area (Å²) in [4.78, 5) is 0. The van der Waals surface area contributed by atoms with Crippen LogP contribution >= 0.6 is 23.3 Å². The Bertz CT molecular complexity index is 406. The van der Waals surface area contributed by atoms with Crippen LogP contribution in [-0.2, 0) is 4.74 Å². The molecule has 0 saturated carbocycles. The molecule has 1 unspecified atom stereocenters. The number of aromatic nitrogens is 1. The quantitative estimate of drug-likeness (QED) is 0.592. The average molecular weight is 280 g/mol. The number of ether oxygens (including phenoxy) is 2. The Labute approximate surface area is 106 Å². The minimum atomic E-state index is -2.98. The van der Waals surface area contributed by atoms with Crippen molar-refractivity contribution in [3.63, 3.8) is 0 Å². The van der Waals surface area contributed by atoms with Gasteiger partial charge in [-0.15, -0.1) is 0 Å². The molecule has 0 aromatic carbocycles. The van der Waals surface area contributed by atoms with Crippen LogP contribution in [0.5, 0.6) is 5.88 Å². The van der Waals surface area contributed by atoms with Crippen molar-refractivity contribution in [3.8, 4) is 11.9 Å². The summed E-state index contributed by atoms with van der Waals surface area (Å²) in [7, 11) is 0. The maximum Gasteiger partial charge on any atom is 0.388 e. The molecule has 0 amide bonds. The van der Waals surface area contributed by atoms with Crippen LogP contribution in [0.25, 0.3) is 0 Å². The zero-order chi connectivity index (χ0) is 12.8. The van der Waals surface area contributed by atoms with Gasteiger partial charge in [-0.1, -0.05) is 11.8 Å². The predicted octanol–water partition coefficient (Wildman–Crippen LogP) is 3.09. The smallest absolute Gasteiger partial charge is 0.388 e. The fourth-order valence-electron chi connectivity index (χ4n) is 1.02. The van der Waals surface area contributed by atoms with Crippen LogP contribution in [0.2, 0.25) is 0 Å². The summed E-state index contributed by atoms with van der Waals surface area (Å²) >= 11 is 2.20. The van der Waals surface area contributed by atoms with Crippen LogP contribution in [0.1, 0.15) is 19.4 Å². The third kappa shape index (κ3) is 4.11. The van der Waals surface area contributed by atoms with Crippen molar-refractivity contribution in [3.05, 3.63) is 5.56 Å². The number of nitrogens with zero attached hydrogens (tertiary/aromatic N) is 2.